The molecule has 4 heteroatoms. The molecule has 0 aliphatic carbocycles. The van der Waals surface area contributed by atoms with Gasteiger partial charge in [-0.15, -0.1) is 0 Å². The summed E-state index contributed by atoms with van der Waals surface area (Å²) in [6.45, 7) is 0.676. The van der Waals surface area contributed by atoms with E-state index < -0.39 is 6.09 Å². The van der Waals surface area contributed by atoms with Gasteiger partial charge in [-0.05, 0) is 11.6 Å². The van der Waals surface area contributed by atoms with Crippen molar-refractivity contribution in [3.05, 3.63) is 23.8 Å². The Morgan fingerprint density at radius 3 is 3.21 bits per heavy atom. The maximum atomic E-state index is 11.0. The molecule has 1 aromatic carbocycles. The Morgan fingerprint density at radius 1 is 1.57 bits per heavy atom. The highest BCUT2D eigenvalue weighted by atomic mass is 16.5. The third kappa shape index (κ3) is 1.51. The zero-order chi connectivity index (χ0) is 9.97. The maximum absolute atomic E-state index is 11.0. The Hall–Kier alpha value is -1.71. The lowest BCUT2D eigenvalue weighted by Gasteiger charge is -2.07. The van der Waals surface area contributed by atoms with Crippen LogP contribution in [0.25, 0.3) is 0 Å². The van der Waals surface area contributed by atoms with Crippen LogP contribution in [0.4, 0.5) is 10.5 Å². The molecule has 0 saturated heterocycles. The van der Waals surface area contributed by atoms with E-state index in [1.165, 1.54) is 7.11 Å². The van der Waals surface area contributed by atoms with Crippen LogP contribution in [0.3, 0.4) is 0 Å². The van der Waals surface area contributed by atoms with Crippen LogP contribution in [-0.2, 0) is 11.2 Å². The SMILES string of the molecule is COC(=O)Nc1cccc2c1OCC2. The number of benzene rings is 1. The number of methoxy groups -OCH3 is 1. The molecule has 1 aromatic rings. The third-order valence-electron chi connectivity index (χ3n) is 2.14. The van der Waals surface area contributed by atoms with Crippen molar-refractivity contribution < 1.29 is 14.3 Å². The normalized spacial score (nSPS) is 12.9. The first-order chi connectivity index (χ1) is 6.81. The molecular weight excluding hydrogens is 182 g/mol. The summed E-state index contributed by atoms with van der Waals surface area (Å²) >= 11 is 0. The standard InChI is InChI=1S/C10H11NO3/c1-13-10(12)11-8-4-2-3-7-5-6-14-9(7)8/h2-4H,5-6H2,1H3,(H,11,12). The largest absolute Gasteiger partial charge is 0.491 e. The van der Waals surface area contributed by atoms with Gasteiger partial charge in [0.2, 0.25) is 0 Å². The summed E-state index contributed by atoms with van der Waals surface area (Å²) in [6.07, 6.45) is 0.417. The van der Waals surface area contributed by atoms with E-state index >= 15 is 0 Å². The van der Waals surface area contributed by atoms with Crippen molar-refractivity contribution in [3.8, 4) is 5.75 Å². The Balaban J connectivity index is 2.26. The Kier molecular flexibility index (Phi) is 2.26. The summed E-state index contributed by atoms with van der Waals surface area (Å²) in [5.74, 6) is 0.762. The number of amides is 1. The summed E-state index contributed by atoms with van der Waals surface area (Å²) in [5, 5.41) is 2.61. The number of rotatable bonds is 1. The molecule has 74 valence electrons. The number of fused-ring (bicyclic) bond motifs is 1. The molecule has 0 saturated carbocycles. The van der Waals surface area contributed by atoms with E-state index in [0.717, 1.165) is 17.7 Å². The number of nitrogens with one attached hydrogen (secondary N) is 1. The first-order valence-electron chi connectivity index (χ1n) is 4.41. The van der Waals surface area contributed by atoms with Crippen LogP contribution in [0.15, 0.2) is 18.2 Å². The van der Waals surface area contributed by atoms with E-state index in [9.17, 15) is 4.79 Å². The first-order valence-corrected chi connectivity index (χ1v) is 4.41. The topological polar surface area (TPSA) is 47.6 Å². The molecule has 1 N–H and O–H groups in total. The number of carbonyl (C=O) groups excluding carboxylic acids is 1. The highest BCUT2D eigenvalue weighted by Crippen LogP contribution is 2.33. The van der Waals surface area contributed by atoms with E-state index in [0.29, 0.717) is 12.3 Å². The number of anilines is 1. The van der Waals surface area contributed by atoms with Gasteiger partial charge in [-0.1, -0.05) is 12.1 Å². The second-order valence-corrected chi connectivity index (χ2v) is 3.01. The number of carbonyl (C=O) groups is 1. The summed E-state index contributed by atoms with van der Waals surface area (Å²) in [5.41, 5.74) is 1.80. The average Bonchev–Trinajstić information content (AvgIpc) is 2.66. The lowest BCUT2D eigenvalue weighted by Crippen LogP contribution is -2.11. The second kappa shape index (κ2) is 3.57. The fourth-order valence-corrected chi connectivity index (χ4v) is 1.47. The van der Waals surface area contributed by atoms with E-state index in [4.69, 9.17) is 4.74 Å². The van der Waals surface area contributed by atoms with Gasteiger partial charge in [0, 0.05) is 6.42 Å². The van der Waals surface area contributed by atoms with Crippen LogP contribution < -0.4 is 10.1 Å². The predicted octanol–water partition coefficient (Wildman–Crippen LogP) is 1.80. The molecule has 1 heterocycles. The van der Waals surface area contributed by atoms with Crippen molar-refractivity contribution in [1.82, 2.24) is 0 Å². The molecule has 4 nitrogen and oxygen atoms in total. The van der Waals surface area contributed by atoms with Crippen LogP contribution in [0.2, 0.25) is 0 Å². The van der Waals surface area contributed by atoms with Gasteiger partial charge in [-0.25, -0.2) is 4.79 Å². The summed E-state index contributed by atoms with van der Waals surface area (Å²) in [4.78, 5) is 11.0. The maximum Gasteiger partial charge on any atom is 0.411 e. The monoisotopic (exact) mass is 193 g/mol. The van der Waals surface area contributed by atoms with Gasteiger partial charge in [0.25, 0.3) is 0 Å². The fraction of sp³-hybridized carbons (Fsp3) is 0.300. The molecule has 0 atom stereocenters. The summed E-state index contributed by atoms with van der Waals surface area (Å²) in [6, 6.07) is 5.67. The van der Waals surface area contributed by atoms with E-state index in [1.807, 2.05) is 12.1 Å². The van der Waals surface area contributed by atoms with Gasteiger partial charge >= 0.3 is 6.09 Å². The van der Waals surface area contributed by atoms with Crippen molar-refractivity contribution in [2.45, 2.75) is 6.42 Å². The van der Waals surface area contributed by atoms with Crippen molar-refractivity contribution in [1.29, 1.82) is 0 Å². The van der Waals surface area contributed by atoms with Gasteiger partial charge in [0.05, 0.1) is 19.4 Å². The fourth-order valence-electron chi connectivity index (χ4n) is 1.47. The minimum absolute atomic E-state index is 0.478. The van der Waals surface area contributed by atoms with E-state index in [2.05, 4.69) is 10.1 Å². The minimum Gasteiger partial charge on any atom is -0.491 e. The van der Waals surface area contributed by atoms with Crippen molar-refractivity contribution >= 4 is 11.8 Å². The van der Waals surface area contributed by atoms with Gasteiger partial charge < -0.3 is 9.47 Å². The highest BCUT2D eigenvalue weighted by molar-refractivity contribution is 5.87. The average molecular weight is 193 g/mol. The Morgan fingerprint density at radius 2 is 2.43 bits per heavy atom. The molecule has 0 radical (unpaired) electrons. The summed E-state index contributed by atoms with van der Waals surface area (Å²) in [7, 11) is 1.33. The van der Waals surface area contributed by atoms with Gasteiger partial charge in [-0.2, -0.15) is 0 Å². The smallest absolute Gasteiger partial charge is 0.411 e. The number of para-hydroxylation sites is 1. The quantitative estimate of drug-likeness (QED) is 0.739. The molecule has 0 aromatic heterocycles. The minimum atomic E-state index is -0.478. The second-order valence-electron chi connectivity index (χ2n) is 3.01. The molecule has 1 aliphatic rings. The van der Waals surface area contributed by atoms with Crippen LogP contribution in [-0.4, -0.2) is 19.8 Å². The van der Waals surface area contributed by atoms with E-state index in [1.54, 1.807) is 6.07 Å². The molecule has 14 heavy (non-hydrogen) atoms. The first kappa shape index (κ1) is 8.87. The predicted molar refractivity (Wildman–Crippen MR) is 51.7 cm³/mol. The molecule has 1 aliphatic heterocycles. The zero-order valence-corrected chi connectivity index (χ0v) is 7.87. The lowest BCUT2D eigenvalue weighted by atomic mass is 10.1. The summed E-state index contributed by atoms with van der Waals surface area (Å²) < 4.78 is 9.91. The molecule has 2 rings (SSSR count). The Labute approximate surface area is 81.8 Å². The molecule has 1 amide bonds. The highest BCUT2D eigenvalue weighted by Gasteiger charge is 2.16. The van der Waals surface area contributed by atoms with Crippen molar-refractivity contribution in [2.75, 3.05) is 19.0 Å². The number of hydrogen-bond acceptors (Lipinski definition) is 3. The van der Waals surface area contributed by atoms with Gasteiger partial charge in [0.15, 0.2) is 0 Å². The molecule has 0 fully saturated rings. The molecule has 0 unspecified atom stereocenters. The molecule has 0 bridgehead atoms. The zero-order valence-electron chi connectivity index (χ0n) is 7.87. The van der Waals surface area contributed by atoms with Crippen LogP contribution in [0, 0.1) is 0 Å². The van der Waals surface area contributed by atoms with Crippen molar-refractivity contribution in [3.63, 3.8) is 0 Å². The Bertz CT molecular complexity index is 362. The van der Waals surface area contributed by atoms with Gasteiger partial charge in [-0.3, -0.25) is 5.32 Å². The molecular formula is C10H11NO3. The van der Waals surface area contributed by atoms with Crippen LogP contribution in [0.1, 0.15) is 5.56 Å². The number of ether oxygens (including phenoxy) is 2. The van der Waals surface area contributed by atoms with Crippen molar-refractivity contribution in [2.24, 2.45) is 0 Å². The lowest BCUT2D eigenvalue weighted by molar-refractivity contribution is 0.186. The van der Waals surface area contributed by atoms with Crippen LogP contribution >= 0.6 is 0 Å². The third-order valence-corrected chi connectivity index (χ3v) is 2.14. The van der Waals surface area contributed by atoms with Gasteiger partial charge in [0.1, 0.15) is 5.75 Å². The van der Waals surface area contributed by atoms with E-state index in [-0.39, 0.29) is 0 Å². The number of hydrogen-bond donors (Lipinski definition) is 1. The van der Waals surface area contributed by atoms with Crippen LogP contribution in [0.5, 0.6) is 5.75 Å². The molecule has 0 spiro atoms.